The monoisotopic (exact) mass is 513 g/mol. The summed E-state index contributed by atoms with van der Waals surface area (Å²) in [5.41, 5.74) is -3.19. The summed E-state index contributed by atoms with van der Waals surface area (Å²) in [6.45, 7) is 12.2. The number of hydrogen-bond donors (Lipinski definition) is 0. The van der Waals surface area contributed by atoms with Crippen LogP contribution >= 0.6 is 7.92 Å². The molecule has 2 radical (unpaired) electrons. The van der Waals surface area contributed by atoms with Crippen molar-refractivity contribution >= 4 is 26.6 Å². The van der Waals surface area contributed by atoms with Gasteiger partial charge in [-0.2, -0.15) is 26.3 Å². The molecule has 0 aromatic heterocycles. The largest absolute Gasteiger partial charge is 2.00 e. The third-order valence-corrected chi connectivity index (χ3v) is 8.65. The first kappa shape index (κ1) is 32.6. The maximum Gasteiger partial charge on any atom is 2.00 e. The molecular formula is C20H29BF6NNiOP. The standard InChI is InChI=1S/C19H25BF6NOP.CH3.Ni/c1-16(2,3)29(17(4,5)6)11-15(27)10-28-20-14-8-12(18(21,22)23)7-13(9-14)19(24,25)26;;/h7-9H,10-11H2,1-6H3;1H3;/q-2;-1;+2/p+1. The van der Waals surface area contributed by atoms with Crippen LogP contribution in [0.1, 0.15) is 52.7 Å². The minimum atomic E-state index is -4.92. The summed E-state index contributed by atoms with van der Waals surface area (Å²) in [5.74, 6) is 0. The van der Waals surface area contributed by atoms with Crippen molar-refractivity contribution in [2.24, 2.45) is 0 Å². The van der Waals surface area contributed by atoms with E-state index in [9.17, 15) is 31.8 Å². The third-order valence-electron chi connectivity index (χ3n) is 4.27. The van der Waals surface area contributed by atoms with Crippen LogP contribution in [0.5, 0.6) is 0 Å². The zero-order valence-electron chi connectivity index (χ0n) is 18.7. The van der Waals surface area contributed by atoms with Gasteiger partial charge in [-0.15, -0.1) is 13.2 Å². The Bertz CT molecular complexity index is 680. The van der Waals surface area contributed by atoms with Crippen LogP contribution in [-0.4, -0.2) is 36.3 Å². The average molecular weight is 514 g/mol. The van der Waals surface area contributed by atoms with Crippen molar-refractivity contribution in [2.75, 3.05) is 12.8 Å². The Hall–Kier alpha value is -0.582. The molecule has 31 heavy (non-hydrogen) atoms. The number of hydrogen-bond acceptors (Lipinski definition) is 1. The first-order valence-corrected chi connectivity index (χ1v) is 10.7. The summed E-state index contributed by atoms with van der Waals surface area (Å²) in [5, 5.41) is 10.2. The molecule has 0 N–H and O–H groups in total. The zero-order valence-corrected chi connectivity index (χ0v) is 20.7. The average Bonchev–Trinajstić information content (AvgIpc) is 2.48. The quantitative estimate of drug-likeness (QED) is 0.145. The Balaban J connectivity index is 0. The number of benzene rings is 1. The molecule has 1 rings (SSSR count). The van der Waals surface area contributed by atoms with E-state index in [0.29, 0.717) is 18.3 Å². The Morgan fingerprint density at radius 3 is 1.58 bits per heavy atom. The van der Waals surface area contributed by atoms with E-state index in [2.05, 4.69) is 41.5 Å². The topological polar surface area (TPSA) is 31.5 Å². The van der Waals surface area contributed by atoms with Crippen LogP contribution in [0.15, 0.2) is 18.2 Å². The second-order valence-corrected chi connectivity index (χ2v) is 13.3. The van der Waals surface area contributed by atoms with Gasteiger partial charge in [0.15, 0.2) is 0 Å². The summed E-state index contributed by atoms with van der Waals surface area (Å²) in [6, 6.07) is 1.21. The maximum atomic E-state index is 12.9. The summed E-state index contributed by atoms with van der Waals surface area (Å²) in [4.78, 5) is 0. The van der Waals surface area contributed by atoms with Crippen LogP contribution in [-0.2, 0) is 33.5 Å². The molecule has 0 aliphatic heterocycles. The van der Waals surface area contributed by atoms with Crippen LogP contribution in [0.3, 0.4) is 0 Å². The van der Waals surface area contributed by atoms with E-state index < -0.39 is 31.4 Å². The Kier molecular flexibility index (Phi) is 12.1. The molecule has 2 nitrogen and oxygen atoms in total. The SMILES string of the molecule is CC(C)(C)[PH+](CC(=[N-])CO[B-]c1cc(C(F)(F)F)cc(C(F)(F)F)c1)C(C)(C)C.[CH3-].[Ni+2]. The first-order chi connectivity index (χ1) is 12.8. The van der Waals surface area contributed by atoms with Crippen molar-refractivity contribution in [3.05, 3.63) is 42.2 Å². The zero-order chi connectivity index (χ0) is 22.8. The van der Waals surface area contributed by atoms with Crippen LogP contribution < -0.4 is 5.46 Å². The van der Waals surface area contributed by atoms with Gasteiger partial charge in [-0.25, -0.2) is 5.46 Å². The van der Waals surface area contributed by atoms with E-state index in [1.807, 2.05) is 0 Å². The van der Waals surface area contributed by atoms with E-state index in [1.54, 1.807) is 0 Å². The van der Waals surface area contributed by atoms with Gasteiger partial charge in [0, 0.05) is 7.92 Å². The van der Waals surface area contributed by atoms with E-state index in [-0.39, 0.29) is 58.1 Å². The van der Waals surface area contributed by atoms with Crippen LogP contribution in [0.2, 0.25) is 0 Å². The van der Waals surface area contributed by atoms with Gasteiger partial charge in [0.25, 0.3) is 0 Å². The maximum absolute atomic E-state index is 12.9. The summed E-state index contributed by atoms with van der Waals surface area (Å²) < 4.78 is 82.5. The van der Waals surface area contributed by atoms with E-state index >= 15 is 0 Å². The second kappa shape index (κ2) is 11.5. The van der Waals surface area contributed by atoms with Gasteiger partial charge in [0.1, 0.15) is 0 Å². The molecule has 0 unspecified atom stereocenters. The first-order valence-electron chi connectivity index (χ1n) is 8.96. The van der Waals surface area contributed by atoms with Crippen LogP contribution in [0.4, 0.5) is 26.3 Å². The molecule has 0 saturated heterocycles. The van der Waals surface area contributed by atoms with E-state index in [1.165, 1.54) is 0 Å². The normalized spacial score (nSPS) is 12.9. The molecule has 0 spiro atoms. The Morgan fingerprint density at radius 2 is 1.26 bits per heavy atom. The van der Waals surface area contributed by atoms with Crippen molar-refractivity contribution in [3.8, 4) is 0 Å². The Labute approximate surface area is 193 Å². The predicted octanol–water partition coefficient (Wildman–Crippen LogP) is 6.25. The third kappa shape index (κ3) is 10.7. The molecule has 0 aliphatic carbocycles. The van der Waals surface area contributed by atoms with Gasteiger partial charge in [0.2, 0.25) is 0 Å². The number of rotatable bonds is 6. The molecule has 0 atom stereocenters. The van der Waals surface area contributed by atoms with Crippen LogP contribution in [0.25, 0.3) is 5.41 Å². The molecule has 0 aliphatic rings. The minimum absolute atomic E-state index is 0. The fourth-order valence-electron chi connectivity index (χ4n) is 3.19. The van der Waals surface area contributed by atoms with Crippen LogP contribution in [0, 0.1) is 7.43 Å². The summed E-state index contributed by atoms with van der Waals surface area (Å²) in [7, 11) is -0.292. The molecule has 1 aromatic rings. The minimum Gasteiger partial charge on any atom is -0.807 e. The Morgan fingerprint density at radius 1 is 0.871 bits per heavy atom. The van der Waals surface area contributed by atoms with Gasteiger partial charge < -0.3 is 17.5 Å². The van der Waals surface area contributed by atoms with Crippen molar-refractivity contribution in [1.29, 1.82) is 0 Å². The van der Waals surface area contributed by atoms with E-state index in [4.69, 9.17) is 4.65 Å². The molecule has 0 heterocycles. The van der Waals surface area contributed by atoms with Gasteiger partial charge in [0.05, 0.1) is 27.6 Å². The molecule has 11 heteroatoms. The number of halogens is 6. The van der Waals surface area contributed by atoms with Crippen molar-refractivity contribution in [1.82, 2.24) is 0 Å². The molecule has 0 bridgehead atoms. The number of alkyl halides is 6. The van der Waals surface area contributed by atoms with Crippen molar-refractivity contribution in [2.45, 2.75) is 64.2 Å². The molecule has 180 valence electrons. The van der Waals surface area contributed by atoms with Crippen molar-refractivity contribution in [3.63, 3.8) is 0 Å². The van der Waals surface area contributed by atoms with Gasteiger partial charge in [-0.05, 0) is 54.2 Å². The fourth-order valence-corrected chi connectivity index (χ4v) is 7.01. The van der Waals surface area contributed by atoms with Gasteiger partial charge >= 0.3 is 28.8 Å². The predicted molar refractivity (Wildman–Crippen MR) is 115 cm³/mol. The van der Waals surface area contributed by atoms with Crippen molar-refractivity contribution < 1.29 is 47.5 Å². The molecule has 1 aromatic carbocycles. The number of nitrogens with zero attached hydrogens (tertiary/aromatic N) is 1. The van der Waals surface area contributed by atoms with Gasteiger partial charge in [-0.3, -0.25) is 0 Å². The summed E-state index contributed by atoms with van der Waals surface area (Å²) in [6.07, 6.45) is -9.44. The molecule has 0 amide bonds. The van der Waals surface area contributed by atoms with E-state index in [0.717, 1.165) is 7.48 Å². The fraction of sp³-hybridized carbons (Fsp3) is 0.600. The molecule has 0 fully saturated rings. The van der Waals surface area contributed by atoms with Gasteiger partial charge in [-0.1, -0.05) is 12.1 Å². The molecular weight excluding hydrogens is 485 g/mol. The molecule has 0 saturated carbocycles. The second-order valence-electron chi connectivity index (χ2n) is 8.99. The summed E-state index contributed by atoms with van der Waals surface area (Å²) >= 11 is 0. The smallest absolute Gasteiger partial charge is 0.807 e.